The van der Waals surface area contributed by atoms with Gasteiger partial charge in [0, 0.05) is 17.9 Å². The van der Waals surface area contributed by atoms with Gasteiger partial charge in [0.1, 0.15) is 5.75 Å². The van der Waals surface area contributed by atoms with Crippen molar-refractivity contribution in [2.24, 2.45) is 5.41 Å². The fourth-order valence-corrected chi connectivity index (χ4v) is 2.93. The first kappa shape index (κ1) is 12.9. The quantitative estimate of drug-likeness (QED) is 0.865. The average Bonchev–Trinajstić information content (AvgIpc) is 2.35. The van der Waals surface area contributed by atoms with Gasteiger partial charge >= 0.3 is 0 Å². The second-order valence-electron chi connectivity index (χ2n) is 6.17. The zero-order valence-electron chi connectivity index (χ0n) is 12.0. The van der Waals surface area contributed by atoms with Gasteiger partial charge in [-0.2, -0.15) is 0 Å². The number of nitrogens with zero attached hydrogens (tertiary/aromatic N) is 1. The van der Waals surface area contributed by atoms with E-state index in [2.05, 4.69) is 18.8 Å². The number of anilines is 1. The Labute approximate surface area is 117 Å². The summed E-state index contributed by atoms with van der Waals surface area (Å²) in [5, 5.41) is 0.817. The zero-order valence-corrected chi connectivity index (χ0v) is 12.0. The third-order valence-corrected chi connectivity index (χ3v) is 3.87. The summed E-state index contributed by atoms with van der Waals surface area (Å²) in [5.74, 6) is 0.838. The van der Waals surface area contributed by atoms with Crippen molar-refractivity contribution in [1.29, 1.82) is 0 Å². The fraction of sp³-hybridized carbons (Fsp3) is 0.375. The fourth-order valence-electron chi connectivity index (χ4n) is 2.93. The first-order chi connectivity index (χ1) is 9.41. The Balaban J connectivity index is 2.29. The number of Topliss-reactive ketones (excluding diaryl/α,β-unsaturated/α-hetero) is 1. The maximum atomic E-state index is 12.3. The number of nitrogen functional groups attached to an aromatic ring is 1. The van der Waals surface area contributed by atoms with Gasteiger partial charge in [-0.15, -0.1) is 0 Å². The van der Waals surface area contributed by atoms with Crippen molar-refractivity contribution in [3.05, 3.63) is 29.5 Å². The third kappa shape index (κ3) is 1.92. The van der Waals surface area contributed by atoms with Crippen molar-refractivity contribution in [3.63, 3.8) is 0 Å². The van der Waals surface area contributed by atoms with E-state index in [-0.39, 0.29) is 11.2 Å². The van der Waals surface area contributed by atoms with Crippen molar-refractivity contribution >= 4 is 22.4 Å². The SMILES string of the molecule is COc1ccc2c(N)c3c(nc2c1)CC(C)(C)CC3=O. The molecule has 4 heteroatoms. The van der Waals surface area contributed by atoms with E-state index in [4.69, 9.17) is 10.5 Å². The standard InChI is InChI=1S/C16H18N2O2/c1-16(2)7-12-14(13(19)8-16)15(17)10-5-4-9(20-3)6-11(10)18-12/h4-6H,7-8H2,1-3H3,(H2,17,18). The summed E-state index contributed by atoms with van der Waals surface area (Å²) in [6.45, 7) is 4.17. The lowest BCUT2D eigenvalue weighted by Gasteiger charge is -2.30. The van der Waals surface area contributed by atoms with Crippen LogP contribution in [0.3, 0.4) is 0 Å². The number of rotatable bonds is 1. The minimum absolute atomic E-state index is 0.0595. The van der Waals surface area contributed by atoms with Crippen LogP contribution < -0.4 is 10.5 Å². The van der Waals surface area contributed by atoms with E-state index in [1.165, 1.54) is 0 Å². The Bertz CT molecular complexity index is 720. The molecule has 0 saturated heterocycles. The lowest BCUT2D eigenvalue weighted by Crippen LogP contribution is -2.28. The van der Waals surface area contributed by atoms with Crippen LogP contribution in [-0.2, 0) is 6.42 Å². The maximum absolute atomic E-state index is 12.3. The van der Waals surface area contributed by atoms with Crippen LogP contribution in [-0.4, -0.2) is 17.9 Å². The summed E-state index contributed by atoms with van der Waals surface area (Å²) in [6, 6.07) is 5.56. The lowest BCUT2D eigenvalue weighted by molar-refractivity contribution is 0.0912. The number of nitrogens with two attached hydrogens (primary N) is 1. The Morgan fingerprint density at radius 1 is 1.30 bits per heavy atom. The number of methoxy groups -OCH3 is 1. The normalized spacial score (nSPS) is 17.1. The van der Waals surface area contributed by atoms with Gasteiger partial charge < -0.3 is 10.5 Å². The Hall–Kier alpha value is -2.10. The van der Waals surface area contributed by atoms with E-state index in [1.54, 1.807) is 7.11 Å². The molecule has 0 spiro atoms. The molecule has 0 atom stereocenters. The molecule has 1 heterocycles. The maximum Gasteiger partial charge on any atom is 0.167 e. The molecule has 0 saturated carbocycles. The molecule has 1 aromatic carbocycles. The first-order valence-electron chi connectivity index (χ1n) is 6.70. The molecule has 2 N–H and O–H groups in total. The Morgan fingerprint density at radius 2 is 2.05 bits per heavy atom. The number of fused-ring (bicyclic) bond motifs is 2. The second kappa shape index (κ2) is 4.20. The van der Waals surface area contributed by atoms with E-state index >= 15 is 0 Å². The number of carbonyl (C=O) groups is 1. The van der Waals surface area contributed by atoms with E-state index in [9.17, 15) is 4.79 Å². The van der Waals surface area contributed by atoms with Gasteiger partial charge in [-0.3, -0.25) is 9.78 Å². The van der Waals surface area contributed by atoms with Crippen LogP contribution in [0.15, 0.2) is 18.2 Å². The highest BCUT2D eigenvalue weighted by Gasteiger charge is 2.33. The number of pyridine rings is 1. The lowest BCUT2D eigenvalue weighted by atomic mass is 9.75. The van der Waals surface area contributed by atoms with Gasteiger partial charge in [0.25, 0.3) is 0 Å². The number of ether oxygens (including phenoxy) is 1. The van der Waals surface area contributed by atoms with Crippen molar-refractivity contribution < 1.29 is 9.53 Å². The minimum atomic E-state index is -0.0595. The van der Waals surface area contributed by atoms with Gasteiger partial charge in [0.15, 0.2) is 5.78 Å². The molecular weight excluding hydrogens is 252 g/mol. The molecule has 0 amide bonds. The molecule has 1 aromatic heterocycles. The summed E-state index contributed by atoms with van der Waals surface area (Å²) in [4.78, 5) is 17.0. The number of hydrogen-bond acceptors (Lipinski definition) is 4. The highest BCUT2D eigenvalue weighted by molar-refractivity contribution is 6.09. The summed E-state index contributed by atoms with van der Waals surface area (Å²) in [6.07, 6.45) is 1.29. The highest BCUT2D eigenvalue weighted by atomic mass is 16.5. The summed E-state index contributed by atoms with van der Waals surface area (Å²) in [5.41, 5.74) is 8.90. The number of benzene rings is 1. The van der Waals surface area contributed by atoms with E-state index < -0.39 is 0 Å². The monoisotopic (exact) mass is 270 g/mol. The molecule has 0 aliphatic heterocycles. The number of ketones is 1. The number of aromatic nitrogens is 1. The molecule has 20 heavy (non-hydrogen) atoms. The van der Waals surface area contributed by atoms with Crippen molar-refractivity contribution in [3.8, 4) is 5.75 Å². The van der Waals surface area contributed by atoms with Crippen LogP contribution in [0, 0.1) is 5.41 Å². The molecule has 4 nitrogen and oxygen atoms in total. The van der Waals surface area contributed by atoms with Crippen LogP contribution in [0.5, 0.6) is 5.75 Å². The molecule has 104 valence electrons. The molecule has 0 bridgehead atoms. The van der Waals surface area contributed by atoms with Crippen molar-refractivity contribution in [1.82, 2.24) is 4.98 Å². The van der Waals surface area contributed by atoms with E-state index in [0.717, 1.165) is 28.8 Å². The molecule has 2 aromatic rings. The Morgan fingerprint density at radius 3 is 2.75 bits per heavy atom. The van der Waals surface area contributed by atoms with Crippen LogP contribution in [0.2, 0.25) is 0 Å². The first-order valence-corrected chi connectivity index (χ1v) is 6.70. The summed E-state index contributed by atoms with van der Waals surface area (Å²) in [7, 11) is 1.62. The molecule has 0 unspecified atom stereocenters. The van der Waals surface area contributed by atoms with Crippen molar-refractivity contribution in [2.75, 3.05) is 12.8 Å². The third-order valence-electron chi connectivity index (χ3n) is 3.87. The van der Waals surface area contributed by atoms with Gasteiger partial charge in [0.2, 0.25) is 0 Å². The van der Waals surface area contributed by atoms with Crippen LogP contribution in [0.25, 0.3) is 10.9 Å². The second-order valence-corrected chi connectivity index (χ2v) is 6.17. The molecule has 3 rings (SSSR count). The summed E-state index contributed by atoms with van der Waals surface area (Å²) >= 11 is 0. The molecule has 0 fully saturated rings. The van der Waals surface area contributed by atoms with Gasteiger partial charge in [0.05, 0.1) is 29.6 Å². The van der Waals surface area contributed by atoms with Gasteiger partial charge in [-0.05, 0) is 24.0 Å². The Kier molecular flexibility index (Phi) is 2.71. The van der Waals surface area contributed by atoms with Crippen LogP contribution >= 0.6 is 0 Å². The smallest absolute Gasteiger partial charge is 0.167 e. The van der Waals surface area contributed by atoms with Crippen LogP contribution in [0.4, 0.5) is 5.69 Å². The predicted molar refractivity (Wildman–Crippen MR) is 79.1 cm³/mol. The number of hydrogen-bond donors (Lipinski definition) is 1. The molecule has 0 radical (unpaired) electrons. The number of carbonyl (C=O) groups excluding carboxylic acids is 1. The molecule has 1 aliphatic rings. The average molecular weight is 270 g/mol. The predicted octanol–water partition coefficient (Wildman–Crippen LogP) is 2.98. The van der Waals surface area contributed by atoms with Crippen LogP contribution in [0.1, 0.15) is 36.3 Å². The van der Waals surface area contributed by atoms with Gasteiger partial charge in [-0.1, -0.05) is 13.8 Å². The zero-order chi connectivity index (χ0) is 14.5. The molecular formula is C16H18N2O2. The largest absolute Gasteiger partial charge is 0.497 e. The summed E-state index contributed by atoms with van der Waals surface area (Å²) < 4.78 is 5.22. The topological polar surface area (TPSA) is 65.2 Å². The van der Waals surface area contributed by atoms with E-state index in [0.29, 0.717) is 17.7 Å². The van der Waals surface area contributed by atoms with E-state index in [1.807, 2.05) is 18.2 Å². The van der Waals surface area contributed by atoms with Gasteiger partial charge in [-0.25, -0.2) is 0 Å². The molecule has 1 aliphatic carbocycles. The van der Waals surface area contributed by atoms with Crippen molar-refractivity contribution in [2.45, 2.75) is 26.7 Å². The highest BCUT2D eigenvalue weighted by Crippen LogP contribution is 2.39. The minimum Gasteiger partial charge on any atom is -0.497 e.